The minimum Gasteiger partial charge on any atom is -0.485 e. The highest BCUT2D eigenvalue weighted by molar-refractivity contribution is 8.16. The highest BCUT2D eigenvalue weighted by Crippen LogP contribution is 2.28. The van der Waals surface area contributed by atoms with Crippen LogP contribution in [0.3, 0.4) is 0 Å². The summed E-state index contributed by atoms with van der Waals surface area (Å²) in [5.74, 6) is 1.67. The smallest absolute Gasteiger partial charge is 0.288 e. The van der Waals surface area contributed by atoms with E-state index in [-0.39, 0.29) is 6.61 Å². The van der Waals surface area contributed by atoms with Gasteiger partial charge in [0, 0.05) is 23.7 Å². The van der Waals surface area contributed by atoms with Crippen molar-refractivity contribution in [3.63, 3.8) is 0 Å². The van der Waals surface area contributed by atoms with Crippen LogP contribution in [0.4, 0.5) is 11.5 Å². The number of rotatable bonds is 9. The van der Waals surface area contributed by atoms with Crippen molar-refractivity contribution in [2.45, 2.75) is 19.3 Å². The summed E-state index contributed by atoms with van der Waals surface area (Å²) >= 11 is 7.66. The first-order chi connectivity index (χ1) is 18.6. The molecule has 2 heterocycles. The van der Waals surface area contributed by atoms with Gasteiger partial charge in [0.15, 0.2) is 0 Å². The maximum atomic E-state index is 7.81. The van der Waals surface area contributed by atoms with E-state index in [0.717, 1.165) is 47.9 Å². The minimum atomic E-state index is 0.125. The van der Waals surface area contributed by atoms with E-state index < -0.39 is 0 Å². The molecule has 0 atom stereocenters. The quantitative estimate of drug-likeness (QED) is 0.275. The van der Waals surface area contributed by atoms with Gasteiger partial charge in [-0.05, 0) is 68.0 Å². The second kappa shape index (κ2) is 14.0. The van der Waals surface area contributed by atoms with Crippen LogP contribution in [0.25, 0.3) is 12.2 Å². The van der Waals surface area contributed by atoms with Crippen LogP contribution >= 0.6 is 23.4 Å². The van der Waals surface area contributed by atoms with Crippen molar-refractivity contribution in [2.75, 3.05) is 38.7 Å². The molecule has 1 aromatic carbocycles. The lowest BCUT2D eigenvalue weighted by atomic mass is 9.99. The molecule has 0 amide bonds. The summed E-state index contributed by atoms with van der Waals surface area (Å²) < 4.78 is 11.7. The number of nitrogens with one attached hydrogen (secondary N) is 4. The maximum absolute atomic E-state index is 7.81. The second-order valence-corrected chi connectivity index (χ2v) is 10.2. The molecule has 1 saturated heterocycles. The predicted octanol–water partition coefficient (Wildman–Crippen LogP) is 3.55. The fourth-order valence-electron chi connectivity index (χ4n) is 4.05. The molecule has 1 aliphatic heterocycles. The largest absolute Gasteiger partial charge is 0.485 e. The number of thioether (sulfide) groups is 1. The van der Waals surface area contributed by atoms with E-state index in [0.29, 0.717) is 46.6 Å². The fraction of sp³-hybridized carbons (Fsp3) is 0.333. The molecule has 0 spiro atoms. The van der Waals surface area contributed by atoms with Gasteiger partial charge in [0.2, 0.25) is 0 Å². The van der Waals surface area contributed by atoms with Crippen molar-refractivity contribution in [1.29, 1.82) is 5.41 Å². The van der Waals surface area contributed by atoms with Crippen molar-refractivity contribution in [1.82, 2.24) is 20.6 Å². The average molecular weight is 554 g/mol. The molecule has 0 unspecified atom stereocenters. The van der Waals surface area contributed by atoms with E-state index in [1.807, 2.05) is 18.2 Å². The molecule has 38 heavy (non-hydrogen) atoms. The van der Waals surface area contributed by atoms with Crippen molar-refractivity contribution < 1.29 is 9.47 Å². The van der Waals surface area contributed by atoms with E-state index in [1.165, 1.54) is 18.1 Å². The zero-order valence-electron chi connectivity index (χ0n) is 21.3. The molecular formula is C27H32ClN7O2S. The molecule has 2 aromatic rings. The number of ether oxygens (including phenoxy) is 2. The Bertz CT molecular complexity index is 1340. The second-order valence-electron chi connectivity index (χ2n) is 8.69. The Balaban J connectivity index is 1.47. The fourth-order valence-corrected chi connectivity index (χ4v) is 4.61. The van der Waals surface area contributed by atoms with Gasteiger partial charge in [0.1, 0.15) is 29.5 Å². The molecule has 1 aromatic heterocycles. The van der Waals surface area contributed by atoms with E-state index in [1.54, 1.807) is 24.6 Å². The van der Waals surface area contributed by atoms with Gasteiger partial charge in [-0.15, -0.1) is 0 Å². The van der Waals surface area contributed by atoms with Gasteiger partial charge in [-0.25, -0.2) is 15.0 Å². The third kappa shape index (κ3) is 7.83. The number of piperidine rings is 1. The molecule has 200 valence electrons. The van der Waals surface area contributed by atoms with Gasteiger partial charge in [-0.1, -0.05) is 42.1 Å². The Labute approximate surface area is 231 Å². The third-order valence-corrected chi connectivity index (χ3v) is 6.88. The van der Waals surface area contributed by atoms with Crippen LogP contribution in [-0.2, 0) is 4.74 Å². The molecule has 0 radical (unpaired) electrons. The van der Waals surface area contributed by atoms with Gasteiger partial charge in [0.05, 0.1) is 17.0 Å². The number of hydrogen-bond acceptors (Lipinski definition) is 9. The maximum Gasteiger partial charge on any atom is 0.288 e. The Morgan fingerprint density at radius 3 is 2.92 bits per heavy atom. The first-order valence-corrected chi connectivity index (χ1v) is 13.7. The number of halogens is 1. The average Bonchev–Trinajstić information content (AvgIpc) is 3.14. The third-order valence-electron chi connectivity index (χ3n) is 6.01. The van der Waals surface area contributed by atoms with Crippen LogP contribution in [0.1, 0.15) is 19.3 Å². The van der Waals surface area contributed by atoms with E-state index in [9.17, 15) is 0 Å². The SMILES string of the molecule is C=CSC(=N)COc1ccc(Nc2ncnc3c2=CC(NC(=NC)OCC2CCNCC2)=CCC=3)cc1Cl. The Hall–Kier alpha value is -3.34. The van der Waals surface area contributed by atoms with Gasteiger partial charge < -0.3 is 25.4 Å². The summed E-state index contributed by atoms with van der Waals surface area (Å²) in [7, 11) is 1.72. The number of amidine groups is 1. The number of anilines is 2. The summed E-state index contributed by atoms with van der Waals surface area (Å²) in [6.45, 7) is 6.43. The molecular weight excluding hydrogens is 522 g/mol. The lowest BCUT2D eigenvalue weighted by Gasteiger charge is -2.23. The van der Waals surface area contributed by atoms with E-state index >= 15 is 0 Å². The molecule has 4 rings (SSSR count). The van der Waals surface area contributed by atoms with Crippen molar-refractivity contribution in [3.8, 4) is 5.75 Å². The molecule has 0 bridgehead atoms. The molecule has 2 aliphatic rings. The number of hydrogen-bond donors (Lipinski definition) is 4. The van der Waals surface area contributed by atoms with Gasteiger partial charge in [-0.2, -0.15) is 0 Å². The van der Waals surface area contributed by atoms with Crippen molar-refractivity contribution in [2.24, 2.45) is 10.9 Å². The van der Waals surface area contributed by atoms with Crippen LogP contribution in [0.5, 0.6) is 5.75 Å². The molecule has 4 N–H and O–H groups in total. The Kier molecular flexibility index (Phi) is 10.2. The first-order valence-electron chi connectivity index (χ1n) is 12.4. The van der Waals surface area contributed by atoms with Crippen molar-refractivity contribution >= 4 is 58.1 Å². The number of benzene rings is 1. The van der Waals surface area contributed by atoms with Crippen LogP contribution in [0.15, 0.2) is 53.3 Å². The van der Waals surface area contributed by atoms with Gasteiger partial charge in [-0.3, -0.25) is 5.41 Å². The lowest BCUT2D eigenvalue weighted by molar-refractivity contribution is 0.199. The molecule has 0 saturated carbocycles. The van der Waals surface area contributed by atoms with Gasteiger partial charge >= 0.3 is 0 Å². The zero-order chi connectivity index (χ0) is 26.7. The lowest BCUT2D eigenvalue weighted by Crippen LogP contribution is -2.34. The monoisotopic (exact) mass is 553 g/mol. The van der Waals surface area contributed by atoms with E-state index in [4.69, 9.17) is 26.5 Å². The molecule has 1 aliphatic carbocycles. The predicted molar refractivity (Wildman–Crippen MR) is 157 cm³/mol. The number of aliphatic imine (C=N–C) groups is 1. The standard InChI is InChI=1S/C27H32ClN7O2S/c1-3-38-25(29)16-36-24-8-7-20(14-22(24)28)34-26-21-13-19(5-4-6-23(21)32-17-33-26)35-27(30-2)37-15-18-9-11-31-12-10-18/h3,5-8,13-14,17-18,29,31H,1,4,9-12,15-16H2,2H3,(H,30,35)(H,32,33,34). The zero-order valence-corrected chi connectivity index (χ0v) is 22.9. The topological polar surface area (TPSA) is 117 Å². The summed E-state index contributed by atoms with van der Waals surface area (Å²) in [5, 5.41) is 21.9. The molecule has 9 nitrogen and oxygen atoms in total. The first kappa shape index (κ1) is 27.7. The van der Waals surface area contributed by atoms with E-state index in [2.05, 4.69) is 43.6 Å². The van der Waals surface area contributed by atoms with Gasteiger partial charge in [0.25, 0.3) is 6.02 Å². The molecule has 11 heteroatoms. The summed E-state index contributed by atoms with van der Waals surface area (Å²) in [4.78, 5) is 13.2. The normalized spacial score (nSPS) is 15.6. The van der Waals surface area contributed by atoms with Crippen LogP contribution in [-0.4, -0.2) is 54.4 Å². The van der Waals surface area contributed by atoms with Crippen molar-refractivity contribution in [3.05, 3.63) is 63.9 Å². The summed E-state index contributed by atoms with van der Waals surface area (Å²) in [6, 6.07) is 5.87. The number of nitrogens with zero attached hydrogens (tertiary/aromatic N) is 3. The molecule has 1 fully saturated rings. The number of allylic oxidation sites excluding steroid dienone is 2. The van der Waals surface area contributed by atoms with Crippen LogP contribution in [0.2, 0.25) is 5.02 Å². The Morgan fingerprint density at radius 2 is 2.16 bits per heavy atom. The highest BCUT2D eigenvalue weighted by atomic mass is 35.5. The number of fused-ring (bicyclic) bond motifs is 1. The van der Waals surface area contributed by atoms with Crippen LogP contribution < -0.4 is 31.3 Å². The van der Waals surface area contributed by atoms with Crippen LogP contribution in [0, 0.1) is 11.3 Å². The minimum absolute atomic E-state index is 0.125. The summed E-state index contributed by atoms with van der Waals surface area (Å²) in [5.41, 5.74) is 1.60. The Morgan fingerprint density at radius 1 is 1.32 bits per heavy atom. The summed E-state index contributed by atoms with van der Waals surface area (Å²) in [6.07, 6.45) is 10.5. The highest BCUT2D eigenvalue weighted by Gasteiger charge is 2.15. The number of aromatic nitrogens is 2.